The zero-order valence-corrected chi connectivity index (χ0v) is 9.70. The highest BCUT2D eigenvalue weighted by molar-refractivity contribution is 7.98. The van der Waals surface area contributed by atoms with Crippen molar-refractivity contribution < 1.29 is 0 Å². The third-order valence-corrected chi connectivity index (χ3v) is 3.32. The average molecular weight is 227 g/mol. The molecule has 1 atom stereocenters. The number of aromatic nitrogens is 1. The summed E-state index contributed by atoms with van der Waals surface area (Å²) in [7, 11) is 0. The van der Waals surface area contributed by atoms with Crippen LogP contribution in [0.5, 0.6) is 0 Å². The highest BCUT2D eigenvalue weighted by Gasteiger charge is 2.09. The lowest BCUT2D eigenvalue weighted by Crippen LogP contribution is -2.11. The largest absolute Gasteiger partial charge is 0.323 e. The van der Waals surface area contributed by atoms with E-state index in [1.165, 1.54) is 11.3 Å². The number of thioether (sulfide) groups is 1. The van der Waals surface area contributed by atoms with Crippen LogP contribution in [0, 0.1) is 11.3 Å². The molecule has 0 bridgehead atoms. The van der Waals surface area contributed by atoms with Gasteiger partial charge >= 0.3 is 0 Å². The molecule has 0 aliphatic carbocycles. The minimum atomic E-state index is 0.0196. The topological polar surface area (TPSA) is 62.7 Å². The summed E-state index contributed by atoms with van der Waals surface area (Å²) in [4.78, 5) is 4.31. The molecule has 0 aromatic carbocycles. The van der Waals surface area contributed by atoms with Crippen LogP contribution >= 0.6 is 23.1 Å². The Labute approximate surface area is 92.3 Å². The second kappa shape index (κ2) is 6.02. The summed E-state index contributed by atoms with van der Waals surface area (Å²) in [6.45, 7) is 0. The second-order valence-electron chi connectivity index (χ2n) is 2.89. The maximum absolute atomic E-state index is 8.49. The lowest BCUT2D eigenvalue weighted by Gasteiger charge is -2.06. The van der Waals surface area contributed by atoms with Gasteiger partial charge < -0.3 is 5.73 Å². The Morgan fingerprint density at radius 2 is 2.57 bits per heavy atom. The number of hydrogen-bond donors (Lipinski definition) is 1. The van der Waals surface area contributed by atoms with Gasteiger partial charge in [-0.1, -0.05) is 0 Å². The summed E-state index contributed by atoms with van der Waals surface area (Å²) in [6, 6.07) is 2.10. The van der Waals surface area contributed by atoms with Gasteiger partial charge in [0.05, 0.1) is 18.2 Å². The molecule has 2 N–H and O–H groups in total. The molecule has 0 aliphatic heterocycles. The van der Waals surface area contributed by atoms with Gasteiger partial charge in [0.2, 0.25) is 0 Å². The molecule has 0 fully saturated rings. The quantitative estimate of drug-likeness (QED) is 0.835. The van der Waals surface area contributed by atoms with Gasteiger partial charge in [-0.25, -0.2) is 4.98 Å². The van der Waals surface area contributed by atoms with Crippen molar-refractivity contribution in [3.8, 4) is 6.07 Å². The van der Waals surface area contributed by atoms with E-state index >= 15 is 0 Å². The van der Waals surface area contributed by atoms with Crippen molar-refractivity contribution >= 4 is 23.1 Å². The second-order valence-corrected chi connectivity index (χ2v) is 4.82. The van der Waals surface area contributed by atoms with Crippen molar-refractivity contribution in [1.82, 2.24) is 4.98 Å². The smallest absolute Gasteiger partial charge is 0.107 e. The van der Waals surface area contributed by atoms with E-state index in [1.54, 1.807) is 11.8 Å². The Kier molecular flexibility index (Phi) is 4.94. The molecule has 14 heavy (non-hydrogen) atoms. The lowest BCUT2D eigenvalue weighted by atomic mass is 10.2. The molecule has 3 nitrogen and oxygen atoms in total. The van der Waals surface area contributed by atoms with Crippen LogP contribution in [-0.4, -0.2) is 17.0 Å². The lowest BCUT2D eigenvalue weighted by molar-refractivity contribution is 0.684. The van der Waals surface area contributed by atoms with Gasteiger partial charge in [0.1, 0.15) is 5.01 Å². The first kappa shape index (κ1) is 11.5. The fourth-order valence-electron chi connectivity index (χ4n) is 1.04. The zero-order chi connectivity index (χ0) is 10.4. The fraction of sp³-hybridized carbons (Fsp3) is 0.556. The maximum atomic E-state index is 8.49. The molecule has 0 saturated heterocycles. The van der Waals surface area contributed by atoms with E-state index in [1.807, 2.05) is 5.38 Å². The van der Waals surface area contributed by atoms with Crippen molar-refractivity contribution in [3.05, 3.63) is 16.1 Å². The van der Waals surface area contributed by atoms with Crippen molar-refractivity contribution in [1.29, 1.82) is 5.26 Å². The van der Waals surface area contributed by atoms with Gasteiger partial charge in [0.25, 0.3) is 0 Å². The van der Waals surface area contributed by atoms with Crippen molar-refractivity contribution in [3.63, 3.8) is 0 Å². The van der Waals surface area contributed by atoms with Crippen molar-refractivity contribution in [2.24, 2.45) is 5.73 Å². The number of thiazole rings is 1. The van der Waals surface area contributed by atoms with E-state index < -0.39 is 0 Å². The third-order valence-electron chi connectivity index (χ3n) is 1.81. The Bertz CT molecular complexity index is 316. The highest BCUT2D eigenvalue weighted by Crippen LogP contribution is 2.18. The SMILES string of the molecule is CSCCC(N)c1csc(CC#N)n1. The van der Waals surface area contributed by atoms with E-state index in [4.69, 9.17) is 11.0 Å². The van der Waals surface area contributed by atoms with Gasteiger partial charge in [-0.2, -0.15) is 17.0 Å². The Morgan fingerprint density at radius 1 is 1.79 bits per heavy atom. The summed E-state index contributed by atoms with van der Waals surface area (Å²) in [5, 5.41) is 11.3. The van der Waals surface area contributed by atoms with Crippen LogP contribution in [0.15, 0.2) is 5.38 Å². The summed E-state index contributed by atoms with van der Waals surface area (Å²) >= 11 is 3.30. The van der Waals surface area contributed by atoms with Gasteiger partial charge in [-0.15, -0.1) is 11.3 Å². The Morgan fingerprint density at radius 3 is 3.21 bits per heavy atom. The van der Waals surface area contributed by atoms with E-state index in [0.29, 0.717) is 6.42 Å². The Balaban J connectivity index is 2.53. The first-order valence-electron chi connectivity index (χ1n) is 4.33. The minimum absolute atomic E-state index is 0.0196. The number of rotatable bonds is 5. The van der Waals surface area contributed by atoms with E-state index in [9.17, 15) is 0 Å². The van der Waals surface area contributed by atoms with Crippen LogP contribution in [0.2, 0.25) is 0 Å². The van der Waals surface area contributed by atoms with E-state index in [-0.39, 0.29) is 6.04 Å². The van der Waals surface area contributed by atoms with Crippen LogP contribution < -0.4 is 5.73 Å². The van der Waals surface area contributed by atoms with Crippen LogP contribution in [-0.2, 0) is 6.42 Å². The summed E-state index contributed by atoms with van der Waals surface area (Å²) < 4.78 is 0. The summed E-state index contributed by atoms with van der Waals surface area (Å²) in [5.74, 6) is 1.05. The third kappa shape index (κ3) is 3.29. The van der Waals surface area contributed by atoms with Gasteiger partial charge in [0.15, 0.2) is 0 Å². The van der Waals surface area contributed by atoms with E-state index in [0.717, 1.165) is 22.9 Å². The fourth-order valence-corrected chi connectivity index (χ4v) is 2.32. The van der Waals surface area contributed by atoms with Crippen LogP contribution in [0.1, 0.15) is 23.2 Å². The normalized spacial score (nSPS) is 12.4. The monoisotopic (exact) mass is 227 g/mol. The van der Waals surface area contributed by atoms with Gasteiger partial charge in [0, 0.05) is 11.4 Å². The Hall–Kier alpha value is -0.570. The molecular weight excluding hydrogens is 214 g/mol. The highest BCUT2D eigenvalue weighted by atomic mass is 32.2. The van der Waals surface area contributed by atoms with Crippen LogP contribution in [0.4, 0.5) is 0 Å². The number of nitriles is 1. The molecule has 0 spiro atoms. The zero-order valence-electron chi connectivity index (χ0n) is 8.06. The molecule has 0 aliphatic rings. The minimum Gasteiger partial charge on any atom is -0.323 e. The predicted octanol–water partition coefficient (Wildman–Crippen LogP) is 1.96. The first-order valence-corrected chi connectivity index (χ1v) is 6.61. The maximum Gasteiger partial charge on any atom is 0.107 e. The molecule has 1 rings (SSSR count). The molecule has 5 heteroatoms. The predicted molar refractivity (Wildman–Crippen MR) is 61.4 cm³/mol. The molecule has 1 unspecified atom stereocenters. The molecule has 0 radical (unpaired) electrons. The molecular formula is C9H13N3S2. The molecule has 0 saturated carbocycles. The first-order chi connectivity index (χ1) is 6.77. The number of hydrogen-bond acceptors (Lipinski definition) is 5. The molecule has 76 valence electrons. The number of nitrogens with zero attached hydrogens (tertiary/aromatic N) is 2. The molecule has 1 heterocycles. The molecule has 1 aromatic heterocycles. The molecule has 0 amide bonds. The van der Waals surface area contributed by atoms with Gasteiger partial charge in [-0.05, 0) is 18.4 Å². The molecule has 1 aromatic rings. The van der Waals surface area contributed by atoms with Crippen LogP contribution in [0.25, 0.3) is 0 Å². The van der Waals surface area contributed by atoms with Gasteiger partial charge in [-0.3, -0.25) is 0 Å². The standard InChI is InChI=1S/C9H13N3S2/c1-13-5-3-7(11)8-6-14-9(12-8)2-4-10/h6-7H,2-3,5,11H2,1H3. The van der Waals surface area contributed by atoms with E-state index in [2.05, 4.69) is 17.3 Å². The summed E-state index contributed by atoms with van der Waals surface area (Å²) in [5.41, 5.74) is 6.86. The van der Waals surface area contributed by atoms with Crippen LogP contribution in [0.3, 0.4) is 0 Å². The summed E-state index contributed by atoms with van der Waals surface area (Å²) in [6.07, 6.45) is 3.39. The van der Waals surface area contributed by atoms with Crippen molar-refractivity contribution in [2.75, 3.05) is 12.0 Å². The average Bonchev–Trinajstić information content (AvgIpc) is 2.63. The van der Waals surface area contributed by atoms with Crippen molar-refractivity contribution in [2.45, 2.75) is 18.9 Å². The number of nitrogens with two attached hydrogens (primary N) is 1.